The maximum absolute atomic E-state index is 13.6. The zero-order chi connectivity index (χ0) is 25.8. The number of alkyl halides is 6. The molecule has 0 aliphatic carbocycles. The van der Waals surface area contributed by atoms with Gasteiger partial charge in [-0.1, -0.05) is 12.1 Å². The number of nitrogens with one attached hydrogen (secondary N) is 2. The van der Waals surface area contributed by atoms with Crippen LogP contribution in [0.25, 0.3) is 0 Å². The molecule has 6 nitrogen and oxygen atoms in total. The topological polar surface area (TPSA) is 72.5 Å². The van der Waals surface area contributed by atoms with Crippen LogP contribution in [0.4, 0.5) is 36.8 Å². The molecule has 3 aromatic rings. The minimum absolute atomic E-state index is 0.0374. The van der Waals surface area contributed by atoms with Crippen molar-refractivity contribution in [1.82, 2.24) is 10.3 Å². The predicted molar refractivity (Wildman–Crippen MR) is 114 cm³/mol. The van der Waals surface area contributed by atoms with Gasteiger partial charge in [0.05, 0.1) is 37.1 Å². The fraction of sp³-hybridized carbons (Fsp3) is 0.217. The SMILES string of the molecule is COc1ccc(NC(=O)N[C@@H](c2ccc(C(F)(F)F)cc2)c2ncccc2C(F)(F)F)cc1OC. The quantitative estimate of drug-likeness (QED) is 0.405. The number of halogens is 6. The number of pyridine rings is 1. The molecule has 1 aromatic heterocycles. The van der Waals surface area contributed by atoms with Crippen molar-refractivity contribution in [2.24, 2.45) is 0 Å². The molecule has 2 aromatic carbocycles. The fourth-order valence-electron chi connectivity index (χ4n) is 3.27. The van der Waals surface area contributed by atoms with Gasteiger partial charge in [0.25, 0.3) is 0 Å². The number of benzene rings is 2. The van der Waals surface area contributed by atoms with Crippen molar-refractivity contribution in [3.05, 3.63) is 83.2 Å². The number of hydrogen-bond donors (Lipinski definition) is 2. The highest BCUT2D eigenvalue weighted by atomic mass is 19.4. The molecule has 0 fully saturated rings. The number of anilines is 1. The third-order valence-electron chi connectivity index (χ3n) is 4.91. The van der Waals surface area contributed by atoms with Gasteiger partial charge in [-0.2, -0.15) is 26.3 Å². The maximum atomic E-state index is 13.6. The van der Waals surface area contributed by atoms with E-state index in [2.05, 4.69) is 15.6 Å². The lowest BCUT2D eigenvalue weighted by molar-refractivity contribution is -0.139. The number of carbonyl (C=O) groups is 1. The minimum atomic E-state index is -4.82. The molecule has 186 valence electrons. The fourth-order valence-corrected chi connectivity index (χ4v) is 3.27. The number of amides is 2. The van der Waals surface area contributed by atoms with Crippen molar-refractivity contribution >= 4 is 11.7 Å². The average Bonchev–Trinajstić information content (AvgIpc) is 2.81. The summed E-state index contributed by atoms with van der Waals surface area (Å²) in [6.07, 6.45) is -8.38. The Labute approximate surface area is 195 Å². The minimum Gasteiger partial charge on any atom is -0.493 e. The van der Waals surface area contributed by atoms with Crippen molar-refractivity contribution in [2.75, 3.05) is 19.5 Å². The summed E-state index contributed by atoms with van der Waals surface area (Å²) in [7, 11) is 2.79. The number of nitrogens with zero attached hydrogens (tertiary/aromatic N) is 1. The molecule has 12 heteroatoms. The van der Waals surface area contributed by atoms with E-state index < -0.39 is 41.2 Å². The Balaban J connectivity index is 1.98. The summed E-state index contributed by atoms with van der Waals surface area (Å²) >= 11 is 0. The molecule has 1 atom stereocenters. The number of ether oxygens (including phenoxy) is 2. The molecule has 0 aliphatic heterocycles. The van der Waals surface area contributed by atoms with Gasteiger partial charge in [-0.05, 0) is 42.0 Å². The van der Waals surface area contributed by atoms with Crippen molar-refractivity contribution in [3.63, 3.8) is 0 Å². The van der Waals surface area contributed by atoms with E-state index in [1.807, 2.05) is 0 Å². The molecular formula is C23H19F6N3O3. The first-order valence-corrected chi connectivity index (χ1v) is 9.93. The lowest BCUT2D eigenvalue weighted by Gasteiger charge is -2.23. The molecule has 0 unspecified atom stereocenters. The summed E-state index contributed by atoms with van der Waals surface area (Å²) in [5.41, 5.74) is -2.53. The van der Waals surface area contributed by atoms with Gasteiger partial charge in [0, 0.05) is 18.0 Å². The zero-order valence-corrected chi connectivity index (χ0v) is 18.3. The van der Waals surface area contributed by atoms with Gasteiger partial charge >= 0.3 is 18.4 Å². The summed E-state index contributed by atoms with van der Waals surface area (Å²) in [6, 6.07) is 7.19. The molecule has 3 rings (SSSR count). The lowest BCUT2D eigenvalue weighted by Crippen LogP contribution is -2.35. The Bertz CT molecular complexity index is 1180. The largest absolute Gasteiger partial charge is 0.493 e. The van der Waals surface area contributed by atoms with Crippen LogP contribution in [0.3, 0.4) is 0 Å². The van der Waals surface area contributed by atoms with Gasteiger partial charge in [-0.3, -0.25) is 4.98 Å². The number of aromatic nitrogens is 1. The van der Waals surface area contributed by atoms with Crippen molar-refractivity contribution in [3.8, 4) is 11.5 Å². The zero-order valence-electron chi connectivity index (χ0n) is 18.3. The highest BCUT2D eigenvalue weighted by Crippen LogP contribution is 2.37. The average molecular weight is 499 g/mol. The number of urea groups is 1. The van der Waals surface area contributed by atoms with Gasteiger partial charge in [0.1, 0.15) is 0 Å². The Morgan fingerprint density at radius 3 is 2.11 bits per heavy atom. The number of carbonyl (C=O) groups excluding carboxylic acids is 1. The third-order valence-corrected chi connectivity index (χ3v) is 4.91. The van der Waals surface area contributed by atoms with Crippen LogP contribution in [0, 0.1) is 0 Å². The molecule has 0 spiro atoms. The van der Waals surface area contributed by atoms with E-state index in [4.69, 9.17) is 9.47 Å². The highest BCUT2D eigenvalue weighted by Gasteiger charge is 2.37. The molecule has 35 heavy (non-hydrogen) atoms. The summed E-state index contributed by atoms with van der Waals surface area (Å²) in [5, 5.41) is 4.83. The van der Waals surface area contributed by atoms with Crippen LogP contribution in [0.5, 0.6) is 11.5 Å². The molecule has 0 aliphatic rings. The first kappa shape index (κ1) is 25.7. The second-order valence-electron chi connectivity index (χ2n) is 7.15. The van der Waals surface area contributed by atoms with E-state index in [9.17, 15) is 31.1 Å². The van der Waals surface area contributed by atoms with Crippen LogP contribution in [0.1, 0.15) is 28.4 Å². The molecule has 0 saturated heterocycles. The lowest BCUT2D eigenvalue weighted by atomic mass is 9.98. The van der Waals surface area contributed by atoms with Crippen LogP contribution in [0.15, 0.2) is 60.8 Å². The third kappa shape index (κ3) is 6.14. The summed E-state index contributed by atoms with van der Waals surface area (Å²) < 4.78 is 90.1. The van der Waals surface area contributed by atoms with E-state index >= 15 is 0 Å². The highest BCUT2D eigenvalue weighted by molar-refractivity contribution is 5.90. The Morgan fingerprint density at radius 2 is 1.54 bits per heavy atom. The molecule has 0 radical (unpaired) electrons. The molecule has 0 saturated carbocycles. The van der Waals surface area contributed by atoms with E-state index in [-0.39, 0.29) is 17.0 Å². The predicted octanol–water partition coefficient (Wildman–Crippen LogP) is 6.05. The summed E-state index contributed by atoms with van der Waals surface area (Å²) in [5.74, 6) is 0.665. The molecule has 1 heterocycles. The van der Waals surface area contributed by atoms with Gasteiger partial charge in [0.2, 0.25) is 0 Å². The van der Waals surface area contributed by atoms with E-state index in [1.165, 1.54) is 32.4 Å². The monoisotopic (exact) mass is 499 g/mol. The van der Waals surface area contributed by atoms with E-state index in [1.54, 1.807) is 0 Å². The van der Waals surface area contributed by atoms with Gasteiger partial charge in [-0.25, -0.2) is 4.79 Å². The van der Waals surface area contributed by atoms with Gasteiger partial charge < -0.3 is 20.1 Å². The van der Waals surface area contributed by atoms with Crippen LogP contribution in [-0.2, 0) is 12.4 Å². The number of methoxy groups -OCH3 is 2. The van der Waals surface area contributed by atoms with Gasteiger partial charge in [0.15, 0.2) is 11.5 Å². The van der Waals surface area contributed by atoms with E-state index in [0.29, 0.717) is 17.9 Å². The smallest absolute Gasteiger partial charge is 0.418 e. The Morgan fingerprint density at radius 1 is 0.886 bits per heavy atom. The first-order valence-electron chi connectivity index (χ1n) is 9.93. The molecule has 2 amide bonds. The second kappa shape index (κ2) is 10.1. The maximum Gasteiger partial charge on any atom is 0.418 e. The Hall–Kier alpha value is -3.96. The first-order chi connectivity index (χ1) is 16.4. The molecular weight excluding hydrogens is 480 g/mol. The van der Waals surface area contributed by atoms with Crippen LogP contribution < -0.4 is 20.1 Å². The molecule has 2 N–H and O–H groups in total. The summed E-state index contributed by atoms with van der Waals surface area (Å²) in [4.78, 5) is 16.5. The van der Waals surface area contributed by atoms with Crippen LogP contribution >= 0.6 is 0 Å². The van der Waals surface area contributed by atoms with Crippen LogP contribution in [0.2, 0.25) is 0 Å². The second-order valence-corrected chi connectivity index (χ2v) is 7.15. The normalized spacial score (nSPS) is 12.6. The molecule has 0 bridgehead atoms. The van der Waals surface area contributed by atoms with Crippen LogP contribution in [-0.4, -0.2) is 25.2 Å². The van der Waals surface area contributed by atoms with Crippen molar-refractivity contribution < 1.29 is 40.6 Å². The summed E-state index contributed by atoms with van der Waals surface area (Å²) in [6.45, 7) is 0. The Kier molecular flexibility index (Phi) is 7.42. The van der Waals surface area contributed by atoms with Crippen molar-refractivity contribution in [1.29, 1.82) is 0 Å². The standard InChI is InChI=1S/C23H19F6N3O3/c1-34-17-10-9-15(12-18(17)35-2)31-21(33)32-19(13-5-7-14(8-6-13)22(24,25)26)20-16(23(27,28)29)4-3-11-30-20/h3-12,19H,1-2H3,(H2,31,32,33)/t19-/m0/s1. The van der Waals surface area contributed by atoms with E-state index in [0.717, 1.165) is 30.5 Å². The van der Waals surface area contributed by atoms with Crippen molar-refractivity contribution in [2.45, 2.75) is 18.4 Å². The van der Waals surface area contributed by atoms with Gasteiger partial charge in [-0.15, -0.1) is 0 Å². The number of hydrogen-bond acceptors (Lipinski definition) is 4. The number of rotatable bonds is 6.